The van der Waals surface area contributed by atoms with E-state index in [9.17, 15) is 9.59 Å². The molecule has 196 valence electrons. The van der Waals surface area contributed by atoms with E-state index in [1.807, 2.05) is 72.3 Å². The second kappa shape index (κ2) is 12.0. The number of thiophene rings is 1. The number of fused-ring (bicyclic) bond motifs is 1. The summed E-state index contributed by atoms with van der Waals surface area (Å²) in [7, 11) is 1.64. The highest BCUT2D eigenvalue weighted by molar-refractivity contribution is 8.00. The molecule has 1 aliphatic rings. The number of methoxy groups -OCH3 is 1. The van der Waals surface area contributed by atoms with Crippen molar-refractivity contribution in [1.29, 1.82) is 0 Å². The highest BCUT2D eigenvalue weighted by atomic mass is 32.2. The van der Waals surface area contributed by atoms with Crippen molar-refractivity contribution >= 4 is 40.7 Å². The molecule has 0 saturated heterocycles. The molecule has 4 aromatic rings. The highest BCUT2D eigenvalue weighted by Gasteiger charge is 2.38. The van der Waals surface area contributed by atoms with Crippen molar-refractivity contribution < 1.29 is 14.3 Å². The monoisotopic (exact) mass is 546 g/mol. The molecule has 2 aromatic heterocycles. The molecule has 1 atom stereocenters. The molecule has 9 heteroatoms. The van der Waals surface area contributed by atoms with Crippen molar-refractivity contribution in [3.05, 3.63) is 88.1 Å². The summed E-state index contributed by atoms with van der Waals surface area (Å²) >= 11 is 3.25. The van der Waals surface area contributed by atoms with Crippen molar-refractivity contribution in [2.24, 2.45) is 0 Å². The van der Waals surface area contributed by atoms with E-state index in [-0.39, 0.29) is 29.4 Å². The Bertz CT molecular complexity index is 1400. The molecule has 0 radical (unpaired) electrons. The van der Waals surface area contributed by atoms with Crippen LogP contribution in [0.1, 0.15) is 27.7 Å². The summed E-state index contributed by atoms with van der Waals surface area (Å²) in [4.78, 5) is 29.5. The van der Waals surface area contributed by atoms with Crippen molar-refractivity contribution in [2.75, 3.05) is 37.5 Å². The number of hydrogen-bond donors (Lipinski definition) is 1. The van der Waals surface area contributed by atoms with E-state index < -0.39 is 0 Å². The molecule has 38 heavy (non-hydrogen) atoms. The van der Waals surface area contributed by atoms with Crippen LogP contribution >= 0.6 is 23.1 Å². The van der Waals surface area contributed by atoms with E-state index >= 15 is 0 Å². The second-order valence-corrected chi connectivity index (χ2v) is 11.2. The summed E-state index contributed by atoms with van der Waals surface area (Å²) in [5.41, 5.74) is 4.66. The minimum atomic E-state index is -0.210. The zero-order valence-corrected chi connectivity index (χ0v) is 23.1. The van der Waals surface area contributed by atoms with Gasteiger partial charge in [-0.05, 0) is 42.5 Å². The molecule has 1 N–H and O–H groups in total. The Labute approximate surface area is 230 Å². The number of anilines is 1. The second-order valence-electron chi connectivity index (χ2n) is 9.09. The number of thioether (sulfide) groups is 1. The fraction of sp³-hybridized carbons (Fsp3) is 0.276. The van der Waals surface area contributed by atoms with Gasteiger partial charge in [0.05, 0.1) is 22.4 Å². The van der Waals surface area contributed by atoms with Gasteiger partial charge >= 0.3 is 0 Å². The molecule has 1 unspecified atom stereocenters. The Morgan fingerprint density at radius 1 is 1.13 bits per heavy atom. The Morgan fingerprint density at radius 3 is 2.71 bits per heavy atom. The Balaban J connectivity index is 1.69. The van der Waals surface area contributed by atoms with Crippen LogP contribution in [0.2, 0.25) is 0 Å². The zero-order chi connectivity index (χ0) is 26.5. The van der Waals surface area contributed by atoms with Gasteiger partial charge in [0.15, 0.2) is 0 Å². The van der Waals surface area contributed by atoms with E-state index in [1.165, 1.54) is 0 Å². The number of ether oxygens (including phenoxy) is 1. The molecular weight excluding hydrogens is 516 g/mol. The number of hydrogen-bond acceptors (Lipinski definition) is 6. The molecule has 3 heterocycles. The molecule has 5 rings (SSSR count). The van der Waals surface area contributed by atoms with E-state index in [4.69, 9.17) is 9.84 Å². The lowest BCUT2D eigenvalue weighted by Gasteiger charge is -2.23. The maximum atomic E-state index is 13.7. The van der Waals surface area contributed by atoms with Gasteiger partial charge in [0.25, 0.3) is 0 Å². The lowest BCUT2D eigenvalue weighted by Crippen LogP contribution is -2.42. The topological polar surface area (TPSA) is 76.5 Å². The first kappa shape index (κ1) is 26.2. The third-order valence-electron chi connectivity index (χ3n) is 6.33. The quantitative estimate of drug-likeness (QED) is 0.291. The van der Waals surface area contributed by atoms with Crippen molar-refractivity contribution in [1.82, 2.24) is 15.1 Å². The van der Waals surface area contributed by atoms with Crippen LogP contribution in [0.4, 0.5) is 5.82 Å². The van der Waals surface area contributed by atoms with Gasteiger partial charge in [-0.1, -0.05) is 48.5 Å². The van der Waals surface area contributed by atoms with Crippen molar-refractivity contribution in [3.63, 3.8) is 0 Å². The van der Waals surface area contributed by atoms with Crippen LogP contribution in [0.25, 0.3) is 16.9 Å². The standard InChI is InChI=1S/C29H30N4O3S2/c1-20-9-6-12-22(17-20)33-29-26(27(31-33)21-10-4-3-5-11-21)28(23-13-7-16-37-23)38-19-25(35)32(29)18-24(34)30-14-8-15-36-2/h3-7,9-13,16-17,28H,8,14-15,18-19H2,1-2H3,(H,30,34). The lowest BCUT2D eigenvalue weighted by molar-refractivity contribution is -0.122. The first-order valence-electron chi connectivity index (χ1n) is 12.5. The predicted octanol–water partition coefficient (Wildman–Crippen LogP) is 5.23. The smallest absolute Gasteiger partial charge is 0.240 e. The maximum absolute atomic E-state index is 13.7. The van der Waals surface area contributed by atoms with Crippen LogP contribution < -0.4 is 10.2 Å². The fourth-order valence-electron chi connectivity index (χ4n) is 4.58. The van der Waals surface area contributed by atoms with Gasteiger partial charge in [0.2, 0.25) is 11.8 Å². The number of amides is 2. The molecular formula is C29H30N4O3S2. The van der Waals surface area contributed by atoms with E-state index in [2.05, 4.69) is 16.8 Å². The molecule has 0 fully saturated rings. The van der Waals surface area contributed by atoms with Crippen LogP contribution in [0.5, 0.6) is 0 Å². The fourth-order valence-corrected chi connectivity index (χ4v) is 6.75. The summed E-state index contributed by atoms with van der Waals surface area (Å²) in [5, 5.41) is 10.0. The van der Waals surface area contributed by atoms with E-state index in [0.717, 1.165) is 32.9 Å². The average Bonchev–Trinajstić information content (AvgIpc) is 3.57. The molecule has 2 aromatic carbocycles. The van der Waals surface area contributed by atoms with Gasteiger partial charge in [-0.25, -0.2) is 4.68 Å². The Morgan fingerprint density at radius 2 is 1.97 bits per heavy atom. The first-order valence-corrected chi connectivity index (χ1v) is 14.5. The van der Waals surface area contributed by atoms with Crippen molar-refractivity contribution in [3.8, 4) is 16.9 Å². The van der Waals surface area contributed by atoms with Gasteiger partial charge in [0, 0.05) is 36.3 Å². The number of rotatable bonds is 9. The summed E-state index contributed by atoms with van der Waals surface area (Å²) in [6.45, 7) is 3.00. The summed E-state index contributed by atoms with van der Waals surface area (Å²) in [5.74, 6) is 0.583. The van der Waals surface area contributed by atoms with Crippen LogP contribution in [0.15, 0.2) is 72.1 Å². The van der Waals surface area contributed by atoms with Gasteiger partial charge in [0.1, 0.15) is 12.4 Å². The number of nitrogens with one attached hydrogen (secondary N) is 1. The molecule has 2 amide bonds. The summed E-state index contributed by atoms with van der Waals surface area (Å²) in [6, 6.07) is 22.2. The first-order chi connectivity index (χ1) is 18.6. The number of aromatic nitrogens is 2. The predicted molar refractivity (Wildman–Crippen MR) is 154 cm³/mol. The minimum absolute atomic E-state index is 0.0811. The van der Waals surface area contributed by atoms with E-state index in [1.54, 1.807) is 35.1 Å². The van der Waals surface area contributed by atoms with E-state index in [0.29, 0.717) is 25.4 Å². The average molecular weight is 547 g/mol. The number of nitrogens with zero attached hydrogens (tertiary/aromatic N) is 3. The van der Waals surface area contributed by atoms with Crippen molar-refractivity contribution in [2.45, 2.75) is 18.6 Å². The third kappa shape index (κ3) is 5.55. The summed E-state index contributed by atoms with van der Waals surface area (Å²) in [6.07, 6.45) is 0.705. The zero-order valence-electron chi connectivity index (χ0n) is 21.4. The molecule has 1 aliphatic heterocycles. The summed E-state index contributed by atoms with van der Waals surface area (Å²) < 4.78 is 6.93. The SMILES string of the molecule is COCCCNC(=O)CN1C(=O)CSC(c2cccs2)c2c(-c3ccccc3)nn(-c3cccc(C)c3)c21. The molecule has 0 saturated carbocycles. The van der Waals surface area contributed by atoms with Crippen LogP contribution in [0, 0.1) is 6.92 Å². The molecule has 0 bridgehead atoms. The van der Waals surface area contributed by atoms with Gasteiger partial charge in [-0.15, -0.1) is 23.1 Å². The number of benzene rings is 2. The van der Waals surface area contributed by atoms with Crippen LogP contribution in [-0.2, 0) is 14.3 Å². The number of carbonyl (C=O) groups is 2. The minimum Gasteiger partial charge on any atom is -0.385 e. The van der Waals surface area contributed by atoms with Crippen LogP contribution in [0.3, 0.4) is 0 Å². The normalized spacial score (nSPS) is 15.3. The Kier molecular flexibility index (Phi) is 8.26. The highest BCUT2D eigenvalue weighted by Crippen LogP contribution is 2.49. The lowest BCUT2D eigenvalue weighted by atomic mass is 10.0. The van der Waals surface area contributed by atoms with Crippen LogP contribution in [-0.4, -0.2) is 54.2 Å². The molecule has 0 spiro atoms. The Hall–Kier alpha value is -3.40. The van der Waals surface area contributed by atoms with Gasteiger partial charge in [-0.2, -0.15) is 5.10 Å². The number of carbonyl (C=O) groups excluding carboxylic acids is 2. The maximum Gasteiger partial charge on any atom is 0.240 e. The number of aryl methyl sites for hydroxylation is 1. The molecule has 0 aliphatic carbocycles. The third-order valence-corrected chi connectivity index (χ3v) is 8.66. The van der Waals surface area contributed by atoms with Gasteiger partial charge in [-0.3, -0.25) is 14.5 Å². The molecule has 7 nitrogen and oxygen atoms in total. The largest absolute Gasteiger partial charge is 0.385 e. The van der Waals surface area contributed by atoms with Gasteiger partial charge < -0.3 is 10.1 Å².